The summed E-state index contributed by atoms with van der Waals surface area (Å²) >= 11 is 0.998. The Morgan fingerprint density at radius 2 is 2.05 bits per heavy atom. The van der Waals surface area contributed by atoms with E-state index >= 15 is 0 Å². The molecule has 10 nitrogen and oxygen atoms in total. The first kappa shape index (κ1) is 31.6. The Balaban J connectivity index is 1.23. The molecule has 1 amide bonds. The lowest BCUT2D eigenvalue weighted by Gasteiger charge is -2.17. The highest BCUT2D eigenvalue weighted by Crippen LogP contribution is 2.37. The Morgan fingerprint density at radius 1 is 1.20 bits per heavy atom. The van der Waals surface area contributed by atoms with E-state index in [1.165, 1.54) is 0 Å². The van der Waals surface area contributed by atoms with E-state index in [9.17, 15) is 18.4 Å². The summed E-state index contributed by atoms with van der Waals surface area (Å²) in [7, 11) is 1.90. The average molecular weight is 627 g/mol. The number of aromatic nitrogens is 4. The third-order valence-corrected chi connectivity index (χ3v) is 8.85. The third kappa shape index (κ3) is 8.00. The van der Waals surface area contributed by atoms with Crippen molar-refractivity contribution in [2.45, 2.75) is 77.2 Å². The summed E-state index contributed by atoms with van der Waals surface area (Å²) in [6.07, 6.45) is 3.79. The van der Waals surface area contributed by atoms with Crippen molar-refractivity contribution < 1.29 is 27.6 Å². The van der Waals surface area contributed by atoms with Gasteiger partial charge in [0.05, 0.1) is 5.69 Å². The van der Waals surface area contributed by atoms with Gasteiger partial charge in [0, 0.05) is 49.0 Å². The number of ether oxygens (including phenoxy) is 1. The maximum atomic E-state index is 13.5. The minimum Gasteiger partial charge on any atom is -0.458 e. The maximum absolute atomic E-state index is 13.5. The number of anilines is 1. The molecule has 3 heterocycles. The number of nitrogens with one attached hydrogen (secondary N) is 2. The van der Waals surface area contributed by atoms with E-state index in [1.54, 1.807) is 20.0 Å². The summed E-state index contributed by atoms with van der Waals surface area (Å²) in [4.78, 5) is 39.3. The van der Waals surface area contributed by atoms with Gasteiger partial charge in [0.2, 0.25) is 17.6 Å². The lowest BCUT2D eigenvalue weighted by molar-refractivity contribution is -0.117. The molecule has 234 valence electrons. The molecule has 0 spiro atoms. The van der Waals surface area contributed by atoms with Crippen molar-refractivity contribution in [1.29, 1.82) is 0 Å². The van der Waals surface area contributed by atoms with Gasteiger partial charge < -0.3 is 19.9 Å². The average Bonchev–Trinajstić information content (AvgIpc) is 3.68. The van der Waals surface area contributed by atoms with Gasteiger partial charge in [-0.3, -0.25) is 9.78 Å². The molecule has 13 heteroatoms. The number of esters is 1. The Kier molecular flexibility index (Phi) is 9.94. The van der Waals surface area contributed by atoms with Gasteiger partial charge in [-0.1, -0.05) is 28.6 Å². The number of nitrogens with zero attached hydrogens (tertiary/aromatic N) is 4. The number of carbonyl (C=O) groups is 2. The van der Waals surface area contributed by atoms with E-state index in [0.29, 0.717) is 23.8 Å². The number of amides is 1. The Bertz CT molecular complexity index is 1620. The van der Waals surface area contributed by atoms with Gasteiger partial charge in [-0.15, -0.1) is 0 Å². The fraction of sp³-hybridized carbons (Fsp3) is 0.484. The van der Waals surface area contributed by atoms with Crippen molar-refractivity contribution in [3.63, 3.8) is 0 Å². The normalized spacial score (nSPS) is 16.7. The number of halogens is 2. The molecular formula is C31H36F2N6O4S. The van der Waals surface area contributed by atoms with Crippen LogP contribution >= 0.6 is 11.3 Å². The van der Waals surface area contributed by atoms with Crippen LogP contribution in [0.3, 0.4) is 0 Å². The van der Waals surface area contributed by atoms with Crippen LogP contribution in [0, 0.1) is 19.8 Å². The minimum absolute atomic E-state index is 0.0815. The molecule has 1 saturated carbocycles. The number of thiazole rings is 1. The first-order valence-corrected chi connectivity index (χ1v) is 15.6. The zero-order valence-corrected chi connectivity index (χ0v) is 25.8. The molecule has 0 saturated heterocycles. The lowest BCUT2D eigenvalue weighted by Crippen LogP contribution is -2.18. The van der Waals surface area contributed by atoms with Crippen LogP contribution in [-0.4, -0.2) is 57.6 Å². The van der Waals surface area contributed by atoms with Gasteiger partial charge in [0.15, 0.2) is 5.13 Å². The minimum atomic E-state index is -2.81. The second-order valence-corrected chi connectivity index (χ2v) is 12.3. The Labute approximate surface area is 258 Å². The van der Waals surface area contributed by atoms with Crippen LogP contribution in [0.5, 0.6) is 0 Å². The van der Waals surface area contributed by atoms with Crippen molar-refractivity contribution in [2.75, 3.05) is 18.9 Å². The van der Waals surface area contributed by atoms with Gasteiger partial charge in [-0.2, -0.15) is 4.98 Å². The number of aryl methyl sites for hydroxylation is 3. The molecule has 1 fully saturated rings. The van der Waals surface area contributed by atoms with Crippen molar-refractivity contribution >= 4 is 39.1 Å². The van der Waals surface area contributed by atoms with E-state index in [2.05, 4.69) is 30.7 Å². The predicted octanol–water partition coefficient (Wildman–Crippen LogP) is 6.28. The van der Waals surface area contributed by atoms with E-state index in [1.807, 2.05) is 31.3 Å². The van der Waals surface area contributed by atoms with Crippen molar-refractivity contribution in [3.05, 3.63) is 52.6 Å². The van der Waals surface area contributed by atoms with Gasteiger partial charge >= 0.3 is 5.97 Å². The number of rotatable bonds is 13. The van der Waals surface area contributed by atoms with Crippen LogP contribution < -0.4 is 10.6 Å². The van der Waals surface area contributed by atoms with Crippen molar-refractivity contribution in [1.82, 2.24) is 25.4 Å². The zero-order valence-electron chi connectivity index (χ0n) is 25.0. The molecule has 44 heavy (non-hydrogen) atoms. The topological polar surface area (TPSA) is 132 Å². The summed E-state index contributed by atoms with van der Waals surface area (Å²) in [5.74, 6) is -2.60. The molecular weight excluding hydrogens is 590 g/mol. The lowest BCUT2D eigenvalue weighted by atomic mass is 9.92. The fourth-order valence-electron chi connectivity index (χ4n) is 5.53. The standard InChI is InChI=1S/C31H36F2N6O4S/c1-18-27(29(41)42-23-10-12-31(32,33)17-23)44-30(36-18)38-26(40)15-20(5-4-13-34-3)6-9-25-24-16-22(28-37-19(2)43-39-28)8-7-21(24)11-14-35-25/h7-8,11,14,16,20,23,34H,4-6,9-10,12-13,15,17H2,1-3H3,(H,36,38,40)/t20-,23?/m1/s1. The number of hydrogen-bond donors (Lipinski definition) is 2. The molecule has 1 aliphatic rings. The zero-order chi connectivity index (χ0) is 31.3. The largest absolute Gasteiger partial charge is 0.458 e. The van der Waals surface area contributed by atoms with Crippen LogP contribution in [-0.2, 0) is 16.0 Å². The third-order valence-electron chi connectivity index (χ3n) is 7.80. The molecule has 2 atom stereocenters. The summed E-state index contributed by atoms with van der Waals surface area (Å²) in [5.41, 5.74) is 2.17. The highest BCUT2D eigenvalue weighted by atomic mass is 32.1. The molecule has 0 aliphatic heterocycles. The van der Waals surface area contributed by atoms with Gasteiger partial charge in [-0.25, -0.2) is 18.6 Å². The van der Waals surface area contributed by atoms with E-state index in [-0.39, 0.29) is 41.1 Å². The molecule has 0 bridgehead atoms. The fourth-order valence-corrected chi connectivity index (χ4v) is 6.39. The Morgan fingerprint density at radius 3 is 2.77 bits per heavy atom. The number of benzene rings is 1. The highest BCUT2D eigenvalue weighted by molar-refractivity contribution is 7.17. The molecule has 5 rings (SSSR count). The quantitative estimate of drug-likeness (QED) is 0.130. The molecule has 0 radical (unpaired) electrons. The summed E-state index contributed by atoms with van der Waals surface area (Å²) in [5, 5.41) is 12.4. The first-order valence-electron chi connectivity index (χ1n) is 14.8. The number of carbonyl (C=O) groups excluding carboxylic acids is 2. The summed E-state index contributed by atoms with van der Waals surface area (Å²) in [6, 6.07) is 7.96. The second-order valence-electron chi connectivity index (χ2n) is 11.3. The highest BCUT2D eigenvalue weighted by Gasteiger charge is 2.41. The van der Waals surface area contributed by atoms with Crippen molar-refractivity contribution in [2.24, 2.45) is 5.92 Å². The first-order chi connectivity index (χ1) is 21.1. The van der Waals surface area contributed by atoms with E-state index in [0.717, 1.165) is 59.2 Å². The second kappa shape index (κ2) is 13.9. The summed E-state index contributed by atoms with van der Waals surface area (Å²) < 4.78 is 37.5. The van der Waals surface area contributed by atoms with Gasteiger partial charge in [-0.05, 0) is 76.1 Å². The van der Waals surface area contributed by atoms with Crippen molar-refractivity contribution in [3.8, 4) is 11.4 Å². The number of fused-ring (bicyclic) bond motifs is 1. The van der Waals surface area contributed by atoms with Gasteiger partial charge in [0.1, 0.15) is 11.0 Å². The predicted molar refractivity (Wildman–Crippen MR) is 163 cm³/mol. The van der Waals surface area contributed by atoms with Crippen LogP contribution in [0.4, 0.5) is 13.9 Å². The van der Waals surface area contributed by atoms with Crippen LogP contribution in [0.2, 0.25) is 0 Å². The van der Waals surface area contributed by atoms with Crippen LogP contribution in [0.25, 0.3) is 22.2 Å². The number of pyridine rings is 1. The number of alkyl halides is 2. The molecule has 2 N–H and O–H groups in total. The summed E-state index contributed by atoms with van der Waals surface area (Å²) in [6.45, 7) is 4.22. The smallest absolute Gasteiger partial charge is 0.350 e. The SMILES string of the molecule is CNCCC[C@H](CCc1nccc2ccc(-c3noc(C)n3)cc12)CC(=O)Nc1nc(C)c(C(=O)OC2CCC(F)(F)C2)s1. The molecule has 4 aromatic rings. The maximum Gasteiger partial charge on any atom is 0.350 e. The number of hydrogen-bond acceptors (Lipinski definition) is 10. The van der Waals surface area contributed by atoms with Crippen LogP contribution in [0.1, 0.15) is 71.9 Å². The molecule has 1 unspecified atom stereocenters. The van der Waals surface area contributed by atoms with Gasteiger partial charge in [0.25, 0.3) is 5.92 Å². The monoisotopic (exact) mass is 626 g/mol. The molecule has 1 aromatic carbocycles. The van der Waals surface area contributed by atoms with E-state index < -0.39 is 24.4 Å². The molecule has 3 aromatic heterocycles. The van der Waals surface area contributed by atoms with E-state index in [4.69, 9.17) is 9.26 Å². The Hall–Kier alpha value is -3.84. The molecule has 1 aliphatic carbocycles. The van der Waals surface area contributed by atoms with Crippen LogP contribution in [0.15, 0.2) is 35.0 Å².